The Bertz CT molecular complexity index is 1410. The number of amides is 1. The van der Waals surface area contributed by atoms with Crippen LogP contribution in [0.25, 0.3) is 16.8 Å². The molecule has 0 saturated heterocycles. The van der Waals surface area contributed by atoms with Crippen molar-refractivity contribution in [3.05, 3.63) is 59.5 Å². The van der Waals surface area contributed by atoms with E-state index in [0.717, 1.165) is 16.8 Å². The average Bonchev–Trinajstić information content (AvgIpc) is 3.22. The van der Waals surface area contributed by atoms with Gasteiger partial charge in [-0.25, -0.2) is 9.50 Å². The van der Waals surface area contributed by atoms with Crippen molar-refractivity contribution < 1.29 is 23.7 Å². The molecule has 9 heteroatoms. The lowest BCUT2D eigenvalue weighted by Gasteiger charge is -2.13. The zero-order chi connectivity index (χ0) is 25.8. The number of ether oxygens (including phenoxy) is 4. The predicted molar refractivity (Wildman–Crippen MR) is 138 cm³/mol. The Morgan fingerprint density at radius 2 is 1.67 bits per heavy atom. The van der Waals surface area contributed by atoms with Crippen LogP contribution in [0.1, 0.15) is 35.6 Å². The summed E-state index contributed by atoms with van der Waals surface area (Å²) in [7, 11) is 3.11. The Labute approximate surface area is 210 Å². The van der Waals surface area contributed by atoms with Crippen LogP contribution in [0.3, 0.4) is 0 Å². The number of carbonyl (C=O) groups excluding carboxylic acids is 1. The van der Waals surface area contributed by atoms with Crippen LogP contribution in [-0.2, 0) is 0 Å². The number of methoxy groups -OCH3 is 2. The number of hydrogen-bond donors (Lipinski definition) is 1. The molecule has 0 bridgehead atoms. The molecule has 0 atom stereocenters. The highest BCUT2D eigenvalue weighted by Gasteiger charge is 2.21. The topological polar surface area (TPSA) is 96.2 Å². The monoisotopic (exact) mass is 490 g/mol. The van der Waals surface area contributed by atoms with Crippen molar-refractivity contribution in [2.24, 2.45) is 0 Å². The van der Waals surface area contributed by atoms with Gasteiger partial charge in [0, 0.05) is 17.8 Å². The van der Waals surface area contributed by atoms with E-state index in [1.807, 2.05) is 45.9 Å². The Hall–Kier alpha value is -4.27. The fourth-order valence-electron chi connectivity index (χ4n) is 4.07. The van der Waals surface area contributed by atoms with E-state index in [4.69, 9.17) is 24.0 Å². The van der Waals surface area contributed by atoms with Crippen molar-refractivity contribution in [1.29, 1.82) is 0 Å². The van der Waals surface area contributed by atoms with Gasteiger partial charge in [0.2, 0.25) is 0 Å². The number of nitrogens with zero attached hydrogens (tertiary/aromatic N) is 3. The van der Waals surface area contributed by atoms with Crippen LogP contribution in [0.15, 0.2) is 42.6 Å². The Kier molecular flexibility index (Phi) is 7.28. The number of benzene rings is 2. The number of hydrogen-bond acceptors (Lipinski definition) is 7. The molecular weight excluding hydrogens is 460 g/mol. The molecule has 0 saturated carbocycles. The molecule has 1 N–H and O–H groups in total. The molecule has 0 fully saturated rings. The molecule has 0 aliphatic rings. The summed E-state index contributed by atoms with van der Waals surface area (Å²) in [6, 6.07) is 11.0. The molecule has 2 aromatic heterocycles. The molecule has 4 rings (SSSR count). The largest absolute Gasteiger partial charge is 0.497 e. The first-order valence-electron chi connectivity index (χ1n) is 11.7. The fourth-order valence-corrected chi connectivity index (χ4v) is 4.07. The molecule has 9 nitrogen and oxygen atoms in total. The molecule has 0 aliphatic heterocycles. The molecule has 36 heavy (non-hydrogen) atoms. The maximum Gasteiger partial charge on any atom is 0.259 e. The first-order valence-corrected chi connectivity index (χ1v) is 11.7. The van der Waals surface area contributed by atoms with Crippen LogP contribution < -0.4 is 24.3 Å². The molecule has 2 aromatic carbocycles. The SMILES string of the molecule is CCOc1ccc(-c2c(C)nn3c(C)c(C(=O)Nc4cc(OC)ccc4OC)cnc23)cc1OCC. The van der Waals surface area contributed by atoms with Crippen molar-refractivity contribution >= 4 is 17.2 Å². The van der Waals surface area contributed by atoms with Crippen molar-refractivity contribution in [1.82, 2.24) is 14.6 Å². The van der Waals surface area contributed by atoms with Crippen molar-refractivity contribution in [3.8, 4) is 34.1 Å². The lowest BCUT2D eigenvalue weighted by molar-refractivity contribution is 0.102. The molecule has 1 amide bonds. The van der Waals surface area contributed by atoms with Crippen LogP contribution >= 0.6 is 0 Å². The van der Waals surface area contributed by atoms with Crippen molar-refractivity contribution in [3.63, 3.8) is 0 Å². The van der Waals surface area contributed by atoms with E-state index in [2.05, 4.69) is 10.3 Å². The van der Waals surface area contributed by atoms with Gasteiger partial charge in [-0.3, -0.25) is 4.79 Å². The van der Waals surface area contributed by atoms with E-state index in [0.29, 0.717) is 58.8 Å². The van der Waals surface area contributed by atoms with Gasteiger partial charge in [-0.1, -0.05) is 6.07 Å². The number of aryl methyl sites for hydroxylation is 2. The summed E-state index contributed by atoms with van der Waals surface area (Å²) in [6.07, 6.45) is 1.56. The Morgan fingerprint density at radius 1 is 0.944 bits per heavy atom. The van der Waals surface area contributed by atoms with Gasteiger partial charge in [-0.15, -0.1) is 0 Å². The summed E-state index contributed by atoms with van der Waals surface area (Å²) >= 11 is 0. The molecular formula is C27H30N4O5. The fraction of sp³-hybridized carbons (Fsp3) is 0.296. The molecule has 0 aliphatic carbocycles. The van der Waals surface area contributed by atoms with Crippen LogP contribution in [0.2, 0.25) is 0 Å². The third-order valence-corrected chi connectivity index (χ3v) is 5.79. The lowest BCUT2D eigenvalue weighted by atomic mass is 10.1. The van der Waals surface area contributed by atoms with E-state index < -0.39 is 0 Å². The number of aromatic nitrogens is 3. The minimum Gasteiger partial charge on any atom is -0.497 e. The van der Waals surface area contributed by atoms with E-state index in [1.165, 1.54) is 0 Å². The zero-order valence-corrected chi connectivity index (χ0v) is 21.3. The second kappa shape index (κ2) is 10.6. The highest BCUT2D eigenvalue weighted by atomic mass is 16.5. The van der Waals surface area contributed by atoms with Crippen molar-refractivity contribution in [2.75, 3.05) is 32.8 Å². The van der Waals surface area contributed by atoms with Crippen LogP contribution in [0.5, 0.6) is 23.0 Å². The summed E-state index contributed by atoms with van der Waals surface area (Å²) in [5, 5.41) is 7.59. The lowest BCUT2D eigenvalue weighted by Crippen LogP contribution is -2.16. The predicted octanol–water partition coefficient (Wildman–Crippen LogP) is 5.08. The maximum absolute atomic E-state index is 13.2. The first kappa shape index (κ1) is 24.8. The highest BCUT2D eigenvalue weighted by Crippen LogP contribution is 2.36. The molecule has 188 valence electrons. The average molecular weight is 491 g/mol. The van der Waals surface area contributed by atoms with Gasteiger partial charge in [-0.2, -0.15) is 5.10 Å². The zero-order valence-electron chi connectivity index (χ0n) is 21.3. The van der Waals surface area contributed by atoms with Gasteiger partial charge >= 0.3 is 0 Å². The third kappa shape index (κ3) is 4.64. The molecule has 0 radical (unpaired) electrons. The molecule has 2 heterocycles. The third-order valence-electron chi connectivity index (χ3n) is 5.79. The summed E-state index contributed by atoms with van der Waals surface area (Å²) < 4.78 is 23.8. The van der Waals surface area contributed by atoms with Gasteiger partial charge in [0.05, 0.1) is 50.1 Å². The number of rotatable bonds is 9. The number of carbonyl (C=O) groups is 1. The first-order chi connectivity index (χ1) is 17.4. The van der Waals surface area contributed by atoms with Gasteiger partial charge in [0.15, 0.2) is 17.1 Å². The number of fused-ring (bicyclic) bond motifs is 1. The second-order valence-electron chi connectivity index (χ2n) is 8.00. The molecule has 4 aromatic rings. The van der Waals surface area contributed by atoms with E-state index in [1.54, 1.807) is 43.1 Å². The van der Waals surface area contributed by atoms with Gasteiger partial charge < -0.3 is 24.3 Å². The highest BCUT2D eigenvalue weighted by molar-refractivity contribution is 6.06. The minimum absolute atomic E-state index is 0.331. The summed E-state index contributed by atoms with van der Waals surface area (Å²) in [6.45, 7) is 8.69. The number of nitrogens with one attached hydrogen (secondary N) is 1. The molecule has 0 spiro atoms. The maximum atomic E-state index is 13.2. The van der Waals surface area contributed by atoms with E-state index in [-0.39, 0.29) is 5.91 Å². The Balaban J connectivity index is 1.73. The Morgan fingerprint density at radius 3 is 2.36 bits per heavy atom. The summed E-state index contributed by atoms with van der Waals surface area (Å²) in [4.78, 5) is 17.8. The number of anilines is 1. The van der Waals surface area contributed by atoms with Crippen LogP contribution in [0, 0.1) is 13.8 Å². The standard InChI is InChI=1S/C27H30N4O5/c1-7-35-23-11-9-18(13-24(23)36-8-2)25-16(3)30-31-17(4)20(15-28-26(25)31)27(32)29-21-14-19(33-5)10-12-22(21)34-6/h9-15H,7-8H2,1-6H3,(H,29,32). The smallest absolute Gasteiger partial charge is 0.259 e. The molecule has 0 unspecified atom stereocenters. The van der Waals surface area contributed by atoms with Crippen LogP contribution in [0.4, 0.5) is 5.69 Å². The second-order valence-corrected chi connectivity index (χ2v) is 8.00. The normalized spacial score (nSPS) is 10.8. The van der Waals surface area contributed by atoms with Crippen molar-refractivity contribution in [2.45, 2.75) is 27.7 Å². The quantitative estimate of drug-likeness (QED) is 0.349. The summed E-state index contributed by atoms with van der Waals surface area (Å²) in [5.41, 5.74) is 4.74. The van der Waals surface area contributed by atoms with Gasteiger partial charge in [0.25, 0.3) is 5.91 Å². The van der Waals surface area contributed by atoms with Gasteiger partial charge in [-0.05, 0) is 57.5 Å². The minimum atomic E-state index is -0.331. The van der Waals surface area contributed by atoms with E-state index >= 15 is 0 Å². The van der Waals surface area contributed by atoms with Gasteiger partial charge in [0.1, 0.15) is 11.5 Å². The summed E-state index contributed by atoms with van der Waals surface area (Å²) in [5.74, 6) is 2.14. The van der Waals surface area contributed by atoms with Crippen LogP contribution in [-0.4, -0.2) is 47.9 Å². The van der Waals surface area contributed by atoms with E-state index in [9.17, 15) is 4.79 Å².